The standard InChI is InChI=1S/C6H13O2/c1-3-4-5-8-6(2)7/h4,6-7H,3,5H2,1-2H3. The van der Waals surface area contributed by atoms with Crippen LogP contribution in [0.1, 0.15) is 20.3 Å². The van der Waals surface area contributed by atoms with Crippen LogP contribution in [-0.4, -0.2) is 18.0 Å². The van der Waals surface area contributed by atoms with Crippen molar-refractivity contribution >= 4 is 0 Å². The summed E-state index contributed by atoms with van der Waals surface area (Å²) in [5.74, 6) is 0. The Labute approximate surface area is 50.5 Å². The molecule has 0 aromatic rings. The van der Waals surface area contributed by atoms with Gasteiger partial charge in [-0.3, -0.25) is 0 Å². The Bertz CT molecular complexity index is 43.8. The van der Waals surface area contributed by atoms with Crippen molar-refractivity contribution in [3.8, 4) is 0 Å². The Morgan fingerprint density at radius 3 is 2.75 bits per heavy atom. The SMILES string of the molecule is CC[CH]COC(C)O. The molecule has 0 heterocycles. The molecule has 0 aliphatic carbocycles. The zero-order chi connectivity index (χ0) is 6.41. The van der Waals surface area contributed by atoms with E-state index in [0.717, 1.165) is 6.42 Å². The molecule has 1 atom stereocenters. The van der Waals surface area contributed by atoms with Gasteiger partial charge in [0.2, 0.25) is 0 Å². The van der Waals surface area contributed by atoms with Gasteiger partial charge >= 0.3 is 0 Å². The topological polar surface area (TPSA) is 29.5 Å². The number of hydrogen-bond donors (Lipinski definition) is 1. The summed E-state index contributed by atoms with van der Waals surface area (Å²) in [6.45, 7) is 4.18. The van der Waals surface area contributed by atoms with E-state index in [9.17, 15) is 0 Å². The first-order chi connectivity index (χ1) is 3.77. The lowest BCUT2D eigenvalue weighted by Gasteiger charge is -2.03. The second-order valence-electron chi connectivity index (χ2n) is 1.63. The summed E-state index contributed by atoms with van der Waals surface area (Å²) in [5.41, 5.74) is 0. The van der Waals surface area contributed by atoms with E-state index >= 15 is 0 Å². The second-order valence-corrected chi connectivity index (χ2v) is 1.63. The van der Waals surface area contributed by atoms with Gasteiger partial charge in [-0.05, 0) is 13.3 Å². The van der Waals surface area contributed by atoms with E-state index in [1.165, 1.54) is 0 Å². The van der Waals surface area contributed by atoms with Gasteiger partial charge in [-0.25, -0.2) is 0 Å². The van der Waals surface area contributed by atoms with E-state index in [0.29, 0.717) is 6.61 Å². The Morgan fingerprint density at radius 1 is 1.75 bits per heavy atom. The minimum Gasteiger partial charge on any atom is -0.368 e. The van der Waals surface area contributed by atoms with Gasteiger partial charge in [-0.1, -0.05) is 13.3 Å². The molecule has 0 aromatic carbocycles. The van der Waals surface area contributed by atoms with E-state index in [1.54, 1.807) is 6.92 Å². The highest BCUT2D eigenvalue weighted by atomic mass is 16.6. The summed E-state index contributed by atoms with van der Waals surface area (Å²) >= 11 is 0. The first-order valence-corrected chi connectivity index (χ1v) is 2.88. The van der Waals surface area contributed by atoms with Crippen molar-refractivity contribution in [2.45, 2.75) is 26.6 Å². The van der Waals surface area contributed by atoms with Crippen molar-refractivity contribution in [1.82, 2.24) is 0 Å². The normalized spacial score (nSPS) is 13.9. The summed E-state index contributed by atoms with van der Waals surface area (Å²) in [4.78, 5) is 0. The summed E-state index contributed by atoms with van der Waals surface area (Å²) in [6.07, 6.45) is 2.33. The molecule has 0 aromatic heterocycles. The maximum absolute atomic E-state index is 8.54. The van der Waals surface area contributed by atoms with Crippen LogP contribution in [0.3, 0.4) is 0 Å². The van der Waals surface area contributed by atoms with Crippen molar-refractivity contribution in [2.24, 2.45) is 0 Å². The lowest BCUT2D eigenvalue weighted by atomic mass is 10.4. The van der Waals surface area contributed by atoms with Gasteiger partial charge in [-0.2, -0.15) is 0 Å². The van der Waals surface area contributed by atoms with E-state index < -0.39 is 6.29 Å². The lowest BCUT2D eigenvalue weighted by Crippen LogP contribution is -2.06. The molecule has 0 fully saturated rings. The highest BCUT2D eigenvalue weighted by Crippen LogP contribution is 1.88. The van der Waals surface area contributed by atoms with Crippen molar-refractivity contribution < 1.29 is 9.84 Å². The Kier molecular flexibility index (Phi) is 5.01. The molecular formula is C6H13O2. The molecule has 0 amide bonds. The van der Waals surface area contributed by atoms with Crippen LogP contribution in [0.15, 0.2) is 0 Å². The molecule has 0 saturated carbocycles. The van der Waals surface area contributed by atoms with Crippen LogP contribution < -0.4 is 0 Å². The number of ether oxygens (including phenoxy) is 1. The van der Waals surface area contributed by atoms with E-state index in [4.69, 9.17) is 9.84 Å². The number of unbranched alkanes of at least 4 members (excludes halogenated alkanes) is 1. The monoisotopic (exact) mass is 117 g/mol. The van der Waals surface area contributed by atoms with E-state index in [1.807, 2.05) is 13.3 Å². The summed E-state index contributed by atoms with van der Waals surface area (Å²) in [7, 11) is 0. The third kappa shape index (κ3) is 5.92. The average molecular weight is 117 g/mol. The Morgan fingerprint density at radius 2 is 2.38 bits per heavy atom. The van der Waals surface area contributed by atoms with Gasteiger partial charge in [0.15, 0.2) is 6.29 Å². The largest absolute Gasteiger partial charge is 0.368 e. The number of hydrogen-bond acceptors (Lipinski definition) is 2. The van der Waals surface area contributed by atoms with Crippen LogP contribution in [0.25, 0.3) is 0 Å². The molecule has 1 radical (unpaired) electrons. The molecule has 0 bridgehead atoms. The molecule has 0 saturated heterocycles. The first-order valence-electron chi connectivity index (χ1n) is 2.88. The summed E-state index contributed by atoms with van der Waals surface area (Å²) < 4.78 is 4.78. The highest BCUT2D eigenvalue weighted by Gasteiger charge is 1.90. The molecule has 0 spiro atoms. The molecule has 1 unspecified atom stereocenters. The van der Waals surface area contributed by atoms with Gasteiger partial charge in [0, 0.05) is 0 Å². The molecule has 0 rings (SSSR count). The smallest absolute Gasteiger partial charge is 0.151 e. The van der Waals surface area contributed by atoms with E-state index in [-0.39, 0.29) is 0 Å². The van der Waals surface area contributed by atoms with E-state index in [2.05, 4.69) is 0 Å². The molecule has 49 valence electrons. The van der Waals surface area contributed by atoms with Gasteiger partial charge in [0.05, 0.1) is 6.61 Å². The second kappa shape index (κ2) is 5.06. The molecule has 8 heavy (non-hydrogen) atoms. The van der Waals surface area contributed by atoms with Gasteiger partial charge in [0.25, 0.3) is 0 Å². The Hall–Kier alpha value is -0.0800. The van der Waals surface area contributed by atoms with Gasteiger partial charge in [-0.15, -0.1) is 0 Å². The zero-order valence-corrected chi connectivity index (χ0v) is 5.42. The van der Waals surface area contributed by atoms with Crippen LogP contribution in [-0.2, 0) is 4.74 Å². The molecule has 1 N–H and O–H groups in total. The molecule has 0 aliphatic rings. The Balaban J connectivity index is 2.72. The number of aliphatic hydroxyl groups is 1. The van der Waals surface area contributed by atoms with Crippen molar-refractivity contribution in [3.05, 3.63) is 6.42 Å². The van der Waals surface area contributed by atoms with Crippen LogP contribution in [0.5, 0.6) is 0 Å². The quantitative estimate of drug-likeness (QED) is 0.439. The fraction of sp³-hybridized carbons (Fsp3) is 0.833. The fourth-order valence-corrected chi connectivity index (χ4v) is 0.325. The number of rotatable bonds is 4. The molecular weight excluding hydrogens is 104 g/mol. The van der Waals surface area contributed by atoms with Crippen LogP contribution in [0.2, 0.25) is 0 Å². The number of aliphatic hydroxyl groups excluding tert-OH is 1. The molecule has 0 aliphatic heterocycles. The third-order valence-corrected chi connectivity index (χ3v) is 0.744. The van der Waals surface area contributed by atoms with Crippen molar-refractivity contribution in [3.63, 3.8) is 0 Å². The first kappa shape index (κ1) is 7.92. The summed E-state index contributed by atoms with van der Waals surface area (Å²) in [5, 5.41) is 8.54. The van der Waals surface area contributed by atoms with Crippen LogP contribution in [0, 0.1) is 6.42 Å². The average Bonchev–Trinajstić information content (AvgIpc) is 1.66. The highest BCUT2D eigenvalue weighted by molar-refractivity contribution is 4.57. The predicted octanol–water partition coefficient (Wildman–Crippen LogP) is 0.956. The van der Waals surface area contributed by atoms with Crippen LogP contribution >= 0.6 is 0 Å². The van der Waals surface area contributed by atoms with Crippen LogP contribution in [0.4, 0.5) is 0 Å². The minimum absolute atomic E-state index is 0.550. The van der Waals surface area contributed by atoms with Crippen molar-refractivity contribution in [1.29, 1.82) is 0 Å². The van der Waals surface area contributed by atoms with Crippen molar-refractivity contribution in [2.75, 3.05) is 6.61 Å². The minimum atomic E-state index is -0.627. The molecule has 2 heteroatoms. The van der Waals surface area contributed by atoms with Gasteiger partial charge < -0.3 is 9.84 Å². The fourth-order valence-electron chi connectivity index (χ4n) is 0.325. The maximum atomic E-state index is 8.54. The molecule has 2 nitrogen and oxygen atoms in total. The van der Waals surface area contributed by atoms with Gasteiger partial charge in [0.1, 0.15) is 0 Å². The summed E-state index contributed by atoms with van der Waals surface area (Å²) in [6, 6.07) is 0. The maximum Gasteiger partial charge on any atom is 0.151 e. The third-order valence-electron chi connectivity index (χ3n) is 0.744. The zero-order valence-electron chi connectivity index (χ0n) is 5.42. The lowest BCUT2D eigenvalue weighted by molar-refractivity contribution is -0.0776. The predicted molar refractivity (Wildman–Crippen MR) is 32.2 cm³/mol.